The minimum atomic E-state index is 0.706. The van der Waals surface area contributed by atoms with Crippen molar-refractivity contribution >= 4 is 11.3 Å². The largest absolute Gasteiger partial charge is 0.309 e. The van der Waals surface area contributed by atoms with Crippen molar-refractivity contribution in [1.29, 1.82) is 0 Å². The number of nitrogens with one attached hydrogen (secondary N) is 1. The van der Waals surface area contributed by atoms with Gasteiger partial charge < -0.3 is 5.32 Å². The molecule has 0 atom stereocenters. The molecule has 1 nitrogen and oxygen atoms in total. The van der Waals surface area contributed by atoms with E-state index in [9.17, 15) is 0 Å². The minimum absolute atomic E-state index is 0.706. The summed E-state index contributed by atoms with van der Waals surface area (Å²) in [5.74, 6) is 0.776. The number of benzene rings is 1. The highest BCUT2D eigenvalue weighted by Gasteiger charge is 2.21. The molecular weight excluding hydrogens is 274 g/mol. The summed E-state index contributed by atoms with van der Waals surface area (Å²) < 4.78 is 0. The van der Waals surface area contributed by atoms with Crippen LogP contribution in [0, 0.1) is 0 Å². The molecule has 0 radical (unpaired) electrons. The van der Waals surface area contributed by atoms with Gasteiger partial charge in [0.05, 0.1) is 0 Å². The van der Waals surface area contributed by atoms with Gasteiger partial charge in [-0.3, -0.25) is 0 Å². The number of hydrogen-bond acceptors (Lipinski definition) is 2. The van der Waals surface area contributed by atoms with E-state index in [1.807, 2.05) is 11.3 Å². The molecule has 3 rings (SSSR count). The second-order valence-corrected chi connectivity index (χ2v) is 7.31. The topological polar surface area (TPSA) is 12.0 Å². The van der Waals surface area contributed by atoms with Crippen molar-refractivity contribution in [2.24, 2.45) is 0 Å². The fourth-order valence-electron chi connectivity index (χ4n) is 3.31. The van der Waals surface area contributed by atoms with E-state index >= 15 is 0 Å². The molecule has 1 N–H and O–H groups in total. The van der Waals surface area contributed by atoms with Gasteiger partial charge >= 0.3 is 0 Å². The Morgan fingerprint density at radius 3 is 2.33 bits per heavy atom. The Morgan fingerprint density at radius 2 is 1.67 bits per heavy atom. The van der Waals surface area contributed by atoms with E-state index in [4.69, 9.17) is 0 Å². The highest BCUT2D eigenvalue weighted by atomic mass is 32.1. The first-order valence-corrected chi connectivity index (χ1v) is 9.02. The van der Waals surface area contributed by atoms with Crippen LogP contribution in [0.5, 0.6) is 0 Å². The molecule has 0 amide bonds. The van der Waals surface area contributed by atoms with Gasteiger partial charge in [0.25, 0.3) is 0 Å². The Bertz CT molecular complexity index is 538. The second kappa shape index (κ2) is 7.24. The smallest absolute Gasteiger partial charge is 0.0302 e. The molecule has 1 heterocycles. The normalized spacial score (nSPS) is 22.3. The maximum atomic E-state index is 3.76. The Balaban J connectivity index is 1.45. The van der Waals surface area contributed by atoms with E-state index in [0.29, 0.717) is 6.04 Å². The van der Waals surface area contributed by atoms with Gasteiger partial charge in [0.1, 0.15) is 0 Å². The molecule has 21 heavy (non-hydrogen) atoms. The standard InChI is InChI=1S/C19H25NS/c1-2-18-12-13-19(21-18)14-20-17-10-8-16(9-11-17)15-6-4-3-5-7-15/h3-7,12-13,16-17,20H,2,8-11,14H2,1H3. The van der Waals surface area contributed by atoms with Gasteiger partial charge in [0.2, 0.25) is 0 Å². The summed E-state index contributed by atoms with van der Waals surface area (Å²) in [5, 5.41) is 3.76. The van der Waals surface area contributed by atoms with Crippen LogP contribution in [0.1, 0.15) is 53.8 Å². The molecule has 0 unspecified atom stereocenters. The zero-order chi connectivity index (χ0) is 14.5. The molecule has 112 valence electrons. The summed E-state index contributed by atoms with van der Waals surface area (Å²) in [5.41, 5.74) is 1.53. The summed E-state index contributed by atoms with van der Waals surface area (Å²) in [6.45, 7) is 3.28. The quantitative estimate of drug-likeness (QED) is 0.807. The van der Waals surface area contributed by atoms with E-state index in [2.05, 4.69) is 54.7 Å². The summed E-state index contributed by atoms with van der Waals surface area (Å²) in [6, 6.07) is 16.3. The molecule has 1 aromatic heterocycles. The van der Waals surface area contributed by atoms with Crippen LogP contribution in [0.2, 0.25) is 0 Å². The highest BCUT2D eigenvalue weighted by molar-refractivity contribution is 7.11. The Hall–Kier alpha value is -1.12. The van der Waals surface area contributed by atoms with Crippen LogP contribution in [0.3, 0.4) is 0 Å². The highest BCUT2D eigenvalue weighted by Crippen LogP contribution is 2.32. The zero-order valence-corrected chi connectivity index (χ0v) is 13.7. The van der Waals surface area contributed by atoms with Gasteiger partial charge in [0.15, 0.2) is 0 Å². The first kappa shape index (κ1) is 14.8. The van der Waals surface area contributed by atoms with Gasteiger partial charge in [0, 0.05) is 22.3 Å². The van der Waals surface area contributed by atoms with Crippen LogP contribution in [0.25, 0.3) is 0 Å². The van der Waals surface area contributed by atoms with Crippen molar-refractivity contribution < 1.29 is 0 Å². The van der Waals surface area contributed by atoms with Crippen molar-refractivity contribution in [2.45, 2.75) is 57.5 Å². The first-order valence-electron chi connectivity index (χ1n) is 8.21. The molecule has 1 aliphatic rings. The third-order valence-electron chi connectivity index (χ3n) is 4.63. The molecule has 0 saturated heterocycles. The molecule has 1 aromatic carbocycles. The summed E-state index contributed by atoms with van der Waals surface area (Å²) >= 11 is 1.96. The maximum Gasteiger partial charge on any atom is 0.0302 e. The van der Waals surface area contributed by atoms with Gasteiger partial charge in [-0.2, -0.15) is 0 Å². The van der Waals surface area contributed by atoms with Crippen molar-refractivity contribution in [3.8, 4) is 0 Å². The molecule has 2 aromatic rings. The fourth-order valence-corrected chi connectivity index (χ4v) is 4.22. The van der Waals surface area contributed by atoms with Crippen molar-refractivity contribution in [3.05, 3.63) is 57.8 Å². The lowest BCUT2D eigenvalue weighted by molar-refractivity contribution is 0.342. The molecule has 0 spiro atoms. The van der Waals surface area contributed by atoms with Crippen LogP contribution in [0.4, 0.5) is 0 Å². The molecular formula is C19H25NS. The predicted molar refractivity (Wildman–Crippen MR) is 92.0 cm³/mol. The van der Waals surface area contributed by atoms with Crippen LogP contribution in [-0.4, -0.2) is 6.04 Å². The zero-order valence-electron chi connectivity index (χ0n) is 12.8. The van der Waals surface area contributed by atoms with Crippen LogP contribution < -0.4 is 5.32 Å². The summed E-state index contributed by atoms with van der Waals surface area (Å²) in [6.07, 6.45) is 6.43. The Morgan fingerprint density at radius 1 is 0.952 bits per heavy atom. The van der Waals surface area contributed by atoms with Crippen LogP contribution >= 0.6 is 11.3 Å². The third kappa shape index (κ3) is 3.96. The molecule has 0 aliphatic heterocycles. The lowest BCUT2D eigenvalue weighted by Crippen LogP contribution is -2.32. The lowest BCUT2D eigenvalue weighted by Gasteiger charge is -2.29. The number of thiophene rings is 1. The number of aryl methyl sites for hydroxylation is 1. The average molecular weight is 299 g/mol. The van der Waals surface area contributed by atoms with Crippen LogP contribution in [-0.2, 0) is 13.0 Å². The molecule has 2 heteroatoms. The number of hydrogen-bond donors (Lipinski definition) is 1. The SMILES string of the molecule is CCc1ccc(CNC2CCC(c3ccccc3)CC2)s1. The summed E-state index contributed by atoms with van der Waals surface area (Å²) in [4.78, 5) is 2.98. The van der Waals surface area contributed by atoms with Crippen molar-refractivity contribution in [2.75, 3.05) is 0 Å². The fraction of sp³-hybridized carbons (Fsp3) is 0.474. The van der Waals surface area contributed by atoms with E-state index in [1.165, 1.54) is 41.0 Å². The maximum absolute atomic E-state index is 3.76. The van der Waals surface area contributed by atoms with E-state index in [1.54, 1.807) is 0 Å². The van der Waals surface area contributed by atoms with E-state index in [-0.39, 0.29) is 0 Å². The summed E-state index contributed by atoms with van der Waals surface area (Å²) in [7, 11) is 0. The third-order valence-corrected chi connectivity index (χ3v) is 5.86. The molecule has 1 aliphatic carbocycles. The Kier molecular flexibility index (Phi) is 5.10. The van der Waals surface area contributed by atoms with Crippen molar-refractivity contribution in [1.82, 2.24) is 5.32 Å². The average Bonchev–Trinajstić information content (AvgIpc) is 3.02. The Labute approximate surface area is 132 Å². The molecule has 1 saturated carbocycles. The van der Waals surface area contributed by atoms with E-state index in [0.717, 1.165) is 18.9 Å². The monoisotopic (exact) mass is 299 g/mol. The van der Waals surface area contributed by atoms with Crippen molar-refractivity contribution in [3.63, 3.8) is 0 Å². The molecule has 1 fully saturated rings. The number of rotatable bonds is 5. The van der Waals surface area contributed by atoms with Crippen LogP contribution in [0.15, 0.2) is 42.5 Å². The molecule has 0 bridgehead atoms. The predicted octanol–water partition coefficient (Wildman–Crippen LogP) is 5.13. The van der Waals surface area contributed by atoms with E-state index < -0.39 is 0 Å². The van der Waals surface area contributed by atoms with Gasteiger partial charge in [-0.05, 0) is 55.7 Å². The van der Waals surface area contributed by atoms with Gasteiger partial charge in [-0.25, -0.2) is 0 Å². The second-order valence-electron chi connectivity index (χ2n) is 6.06. The lowest BCUT2D eigenvalue weighted by atomic mass is 9.82. The van der Waals surface area contributed by atoms with Gasteiger partial charge in [-0.15, -0.1) is 11.3 Å². The first-order chi connectivity index (χ1) is 10.3. The van der Waals surface area contributed by atoms with Gasteiger partial charge in [-0.1, -0.05) is 37.3 Å². The minimum Gasteiger partial charge on any atom is -0.309 e.